The summed E-state index contributed by atoms with van der Waals surface area (Å²) in [5, 5.41) is 4.37. The van der Waals surface area contributed by atoms with Gasteiger partial charge in [0.25, 0.3) is 0 Å². The van der Waals surface area contributed by atoms with Crippen LogP contribution in [0.25, 0.3) is 10.9 Å². The van der Waals surface area contributed by atoms with Gasteiger partial charge < -0.3 is 10.1 Å². The fourth-order valence-electron chi connectivity index (χ4n) is 2.80. The van der Waals surface area contributed by atoms with E-state index in [1.165, 1.54) is 0 Å². The first kappa shape index (κ1) is 17.0. The highest BCUT2D eigenvalue weighted by Crippen LogP contribution is 2.16. The van der Waals surface area contributed by atoms with Gasteiger partial charge in [-0.1, -0.05) is 36.4 Å². The molecule has 0 aliphatic heterocycles. The largest absolute Gasteiger partial charge is 0.464 e. The van der Waals surface area contributed by atoms with E-state index >= 15 is 0 Å². The number of anilines is 1. The van der Waals surface area contributed by atoms with Gasteiger partial charge in [0, 0.05) is 23.2 Å². The minimum Gasteiger partial charge on any atom is -0.464 e. The lowest BCUT2D eigenvalue weighted by Gasteiger charge is -2.18. The number of nitrogens with one attached hydrogen (secondary N) is 1. The third kappa shape index (κ3) is 4.35. The zero-order valence-electron chi connectivity index (χ0n) is 14.5. The number of carbonyl (C=O) groups excluding carboxylic acids is 1. The monoisotopic (exact) mass is 334 g/mol. The molecule has 0 spiro atoms. The Kier molecular flexibility index (Phi) is 5.29. The quantitative estimate of drug-likeness (QED) is 0.689. The number of rotatable bonds is 6. The molecule has 0 aliphatic rings. The number of carbonyl (C=O) groups is 1. The van der Waals surface area contributed by atoms with E-state index in [0.717, 1.165) is 27.8 Å². The highest BCUT2D eigenvalue weighted by molar-refractivity contribution is 5.81. The summed E-state index contributed by atoms with van der Waals surface area (Å²) in [6.45, 7) is 4.20. The van der Waals surface area contributed by atoms with E-state index in [2.05, 4.69) is 10.3 Å². The molecule has 0 amide bonds. The number of pyridine rings is 1. The van der Waals surface area contributed by atoms with Crippen LogP contribution in [0.5, 0.6) is 0 Å². The molecule has 1 heterocycles. The molecule has 4 nitrogen and oxygen atoms in total. The van der Waals surface area contributed by atoms with Gasteiger partial charge in [-0.05, 0) is 43.7 Å². The first-order valence-corrected chi connectivity index (χ1v) is 8.50. The molecule has 3 rings (SSSR count). The molecular weight excluding hydrogens is 312 g/mol. The number of para-hydroxylation sites is 1. The highest BCUT2D eigenvalue weighted by atomic mass is 16.5. The molecule has 1 N–H and O–H groups in total. The first-order chi connectivity index (χ1) is 12.2. The standard InChI is InChI=1S/C21H22N2O2/c1-3-25-21(24)20(23-17-9-6-7-15(2)13-17)14-18-12-11-16-8-4-5-10-19(16)22-18/h4-13,20,23H,3,14H2,1-2H3. The molecule has 3 aromatic rings. The SMILES string of the molecule is CCOC(=O)C(Cc1ccc2ccccc2n1)Nc1cccc(C)c1. The fourth-order valence-corrected chi connectivity index (χ4v) is 2.80. The third-order valence-electron chi connectivity index (χ3n) is 4.00. The van der Waals surface area contributed by atoms with Gasteiger partial charge >= 0.3 is 5.97 Å². The third-order valence-corrected chi connectivity index (χ3v) is 4.00. The van der Waals surface area contributed by atoms with Crippen LogP contribution in [0.1, 0.15) is 18.2 Å². The Labute approximate surface area is 147 Å². The molecule has 1 atom stereocenters. The lowest BCUT2D eigenvalue weighted by Crippen LogP contribution is -2.33. The van der Waals surface area contributed by atoms with Crippen molar-refractivity contribution in [3.63, 3.8) is 0 Å². The smallest absolute Gasteiger partial charge is 0.328 e. The van der Waals surface area contributed by atoms with E-state index in [-0.39, 0.29) is 5.97 Å². The van der Waals surface area contributed by atoms with Crippen LogP contribution in [-0.2, 0) is 16.0 Å². The van der Waals surface area contributed by atoms with Crippen LogP contribution in [0, 0.1) is 6.92 Å². The average Bonchev–Trinajstić information content (AvgIpc) is 2.61. The topological polar surface area (TPSA) is 51.2 Å². The number of aromatic nitrogens is 1. The number of esters is 1. The second-order valence-electron chi connectivity index (χ2n) is 6.02. The molecule has 128 valence electrons. The van der Waals surface area contributed by atoms with Crippen molar-refractivity contribution < 1.29 is 9.53 Å². The van der Waals surface area contributed by atoms with Crippen molar-refractivity contribution in [3.8, 4) is 0 Å². The molecule has 25 heavy (non-hydrogen) atoms. The Morgan fingerprint density at radius 1 is 1.12 bits per heavy atom. The van der Waals surface area contributed by atoms with E-state index in [9.17, 15) is 4.79 Å². The fraction of sp³-hybridized carbons (Fsp3) is 0.238. The Bertz CT molecular complexity index is 876. The van der Waals surface area contributed by atoms with Crippen molar-refractivity contribution in [3.05, 3.63) is 71.9 Å². The number of nitrogens with zero attached hydrogens (tertiary/aromatic N) is 1. The number of fused-ring (bicyclic) bond motifs is 1. The van der Waals surface area contributed by atoms with Crippen LogP contribution in [0.4, 0.5) is 5.69 Å². The zero-order valence-corrected chi connectivity index (χ0v) is 14.5. The van der Waals surface area contributed by atoms with Crippen LogP contribution >= 0.6 is 0 Å². The van der Waals surface area contributed by atoms with E-state index in [1.54, 1.807) is 0 Å². The van der Waals surface area contributed by atoms with E-state index in [0.29, 0.717) is 13.0 Å². The summed E-state index contributed by atoms with van der Waals surface area (Å²) in [5.41, 5.74) is 3.82. The van der Waals surface area contributed by atoms with Crippen molar-refractivity contribution in [1.29, 1.82) is 0 Å². The minimum atomic E-state index is -0.476. The molecule has 0 fully saturated rings. The van der Waals surface area contributed by atoms with Crippen molar-refractivity contribution in [2.75, 3.05) is 11.9 Å². The van der Waals surface area contributed by atoms with Crippen LogP contribution in [0.3, 0.4) is 0 Å². The Morgan fingerprint density at radius 3 is 2.76 bits per heavy atom. The van der Waals surface area contributed by atoms with Gasteiger partial charge in [0.1, 0.15) is 6.04 Å². The number of hydrogen-bond acceptors (Lipinski definition) is 4. The Balaban J connectivity index is 1.84. The summed E-state index contributed by atoms with van der Waals surface area (Å²) in [7, 11) is 0. The van der Waals surface area contributed by atoms with Crippen LogP contribution < -0.4 is 5.32 Å². The Morgan fingerprint density at radius 2 is 1.96 bits per heavy atom. The van der Waals surface area contributed by atoms with Crippen LogP contribution in [0.2, 0.25) is 0 Å². The lowest BCUT2D eigenvalue weighted by molar-refractivity contribution is -0.144. The summed E-state index contributed by atoms with van der Waals surface area (Å²) < 4.78 is 5.24. The van der Waals surface area contributed by atoms with E-state index in [4.69, 9.17) is 4.74 Å². The van der Waals surface area contributed by atoms with Gasteiger partial charge in [0.2, 0.25) is 0 Å². The summed E-state index contributed by atoms with van der Waals surface area (Å²) in [5.74, 6) is -0.265. The van der Waals surface area contributed by atoms with E-state index < -0.39 is 6.04 Å². The average molecular weight is 334 g/mol. The van der Waals surface area contributed by atoms with Crippen molar-refractivity contribution in [2.45, 2.75) is 26.3 Å². The number of ether oxygens (including phenoxy) is 1. The van der Waals surface area contributed by atoms with Gasteiger partial charge in [-0.2, -0.15) is 0 Å². The molecule has 2 aromatic carbocycles. The number of benzene rings is 2. The molecule has 1 unspecified atom stereocenters. The molecular formula is C21H22N2O2. The van der Waals surface area contributed by atoms with Gasteiger partial charge in [0.15, 0.2) is 0 Å². The molecule has 0 radical (unpaired) electrons. The maximum Gasteiger partial charge on any atom is 0.328 e. The summed E-state index contributed by atoms with van der Waals surface area (Å²) in [6.07, 6.45) is 0.470. The predicted octanol–water partition coefficient (Wildman–Crippen LogP) is 4.13. The second-order valence-corrected chi connectivity index (χ2v) is 6.02. The van der Waals surface area contributed by atoms with E-state index in [1.807, 2.05) is 74.5 Å². The summed E-state index contributed by atoms with van der Waals surface area (Å²) in [6, 6.07) is 19.4. The van der Waals surface area contributed by atoms with Gasteiger partial charge in [-0.15, -0.1) is 0 Å². The molecule has 0 saturated carbocycles. The van der Waals surface area contributed by atoms with Gasteiger partial charge in [-0.3, -0.25) is 4.98 Å². The van der Waals surface area contributed by atoms with Gasteiger partial charge in [-0.25, -0.2) is 4.79 Å². The Hall–Kier alpha value is -2.88. The normalized spacial score (nSPS) is 11.9. The molecule has 0 aliphatic carbocycles. The maximum absolute atomic E-state index is 12.4. The molecule has 0 saturated heterocycles. The summed E-state index contributed by atoms with van der Waals surface area (Å²) in [4.78, 5) is 17.1. The van der Waals surface area contributed by atoms with Crippen LogP contribution in [-0.4, -0.2) is 23.6 Å². The van der Waals surface area contributed by atoms with Gasteiger partial charge in [0.05, 0.1) is 12.1 Å². The minimum absolute atomic E-state index is 0.265. The molecule has 4 heteroatoms. The second kappa shape index (κ2) is 7.79. The van der Waals surface area contributed by atoms with Crippen LogP contribution in [0.15, 0.2) is 60.7 Å². The first-order valence-electron chi connectivity index (χ1n) is 8.50. The molecule has 0 bridgehead atoms. The van der Waals surface area contributed by atoms with Crippen molar-refractivity contribution in [1.82, 2.24) is 4.98 Å². The number of aryl methyl sites for hydroxylation is 1. The molecule has 1 aromatic heterocycles. The number of hydrogen-bond donors (Lipinski definition) is 1. The predicted molar refractivity (Wildman–Crippen MR) is 101 cm³/mol. The van der Waals surface area contributed by atoms with Crippen molar-refractivity contribution >= 4 is 22.6 Å². The highest BCUT2D eigenvalue weighted by Gasteiger charge is 2.21. The lowest BCUT2D eigenvalue weighted by atomic mass is 10.1. The van der Waals surface area contributed by atoms with Crippen molar-refractivity contribution in [2.24, 2.45) is 0 Å². The maximum atomic E-state index is 12.4. The summed E-state index contributed by atoms with van der Waals surface area (Å²) >= 11 is 0. The zero-order chi connectivity index (χ0) is 17.6.